The molecule has 0 amide bonds. The zero-order valence-corrected chi connectivity index (χ0v) is 10.6. The number of aryl methyl sites for hydroxylation is 1. The molecule has 1 aromatic rings. The summed E-state index contributed by atoms with van der Waals surface area (Å²) in [5.41, 5.74) is 1.20. The Bertz CT molecular complexity index is 340. The summed E-state index contributed by atoms with van der Waals surface area (Å²) in [4.78, 5) is 0. The largest absolute Gasteiger partial charge is 0.378 e. The van der Waals surface area contributed by atoms with E-state index in [1.54, 1.807) is 0 Å². The van der Waals surface area contributed by atoms with Gasteiger partial charge in [-0.15, -0.1) is 0 Å². The van der Waals surface area contributed by atoms with E-state index in [0.717, 1.165) is 19.5 Å². The number of nitrogens with one attached hydrogen (secondary N) is 1. The predicted molar refractivity (Wildman–Crippen MR) is 64.9 cm³/mol. The van der Waals surface area contributed by atoms with E-state index in [4.69, 9.17) is 9.47 Å². The highest BCUT2D eigenvalue weighted by atomic mass is 16.5. The maximum atomic E-state index is 5.74. The molecule has 1 fully saturated rings. The van der Waals surface area contributed by atoms with Crippen LogP contribution in [0.1, 0.15) is 12.6 Å². The molecule has 17 heavy (non-hydrogen) atoms. The molecule has 0 spiro atoms. The minimum atomic E-state index is 0.185. The van der Waals surface area contributed by atoms with Crippen molar-refractivity contribution in [2.45, 2.75) is 25.6 Å². The van der Waals surface area contributed by atoms with Gasteiger partial charge >= 0.3 is 0 Å². The summed E-state index contributed by atoms with van der Waals surface area (Å²) in [5, 5.41) is 7.45. The Morgan fingerprint density at radius 2 is 2.47 bits per heavy atom. The highest BCUT2D eigenvalue weighted by Crippen LogP contribution is 2.04. The Balaban J connectivity index is 1.61. The molecule has 1 N–H and O–H groups in total. The highest BCUT2D eigenvalue weighted by molar-refractivity contribution is 4.99. The summed E-state index contributed by atoms with van der Waals surface area (Å²) in [6.07, 6.45) is 3.18. The van der Waals surface area contributed by atoms with Gasteiger partial charge in [-0.2, -0.15) is 5.10 Å². The van der Waals surface area contributed by atoms with Crippen molar-refractivity contribution in [1.29, 1.82) is 0 Å². The molecule has 1 aromatic heterocycles. The summed E-state index contributed by atoms with van der Waals surface area (Å²) in [6.45, 7) is 5.28. The van der Waals surface area contributed by atoms with E-state index in [2.05, 4.69) is 17.3 Å². The third-order valence-corrected chi connectivity index (χ3v) is 2.96. The van der Waals surface area contributed by atoms with Crippen LogP contribution in [0, 0.1) is 0 Å². The van der Waals surface area contributed by atoms with Gasteiger partial charge < -0.3 is 14.8 Å². The number of nitrogens with zero attached hydrogens (tertiary/aromatic N) is 2. The number of hydrogen-bond donors (Lipinski definition) is 1. The molecule has 0 aliphatic carbocycles. The zero-order chi connectivity index (χ0) is 12.1. The first-order chi connectivity index (χ1) is 8.25. The van der Waals surface area contributed by atoms with Gasteiger partial charge in [0.15, 0.2) is 0 Å². The first-order valence-corrected chi connectivity index (χ1v) is 6.16. The van der Waals surface area contributed by atoms with Crippen LogP contribution in [0.5, 0.6) is 0 Å². The molecule has 2 atom stereocenters. The van der Waals surface area contributed by atoms with Crippen LogP contribution in [0.4, 0.5) is 0 Å². The molecule has 2 unspecified atom stereocenters. The van der Waals surface area contributed by atoms with Crippen LogP contribution in [-0.4, -0.2) is 48.3 Å². The van der Waals surface area contributed by atoms with Crippen LogP contribution in [0.3, 0.4) is 0 Å². The summed E-state index contributed by atoms with van der Waals surface area (Å²) >= 11 is 0. The molecule has 2 rings (SSSR count). The molecule has 1 saturated heterocycles. The number of ether oxygens (including phenoxy) is 2. The molecule has 5 heteroatoms. The van der Waals surface area contributed by atoms with Crippen molar-refractivity contribution in [1.82, 2.24) is 15.1 Å². The second kappa shape index (κ2) is 6.14. The van der Waals surface area contributed by atoms with Gasteiger partial charge in [-0.25, -0.2) is 0 Å². The number of hydrogen-bond acceptors (Lipinski definition) is 4. The molecule has 2 heterocycles. The normalized spacial score (nSPS) is 25.1. The molecule has 1 aliphatic rings. The Hall–Kier alpha value is -0.910. The molecule has 1 aliphatic heterocycles. The third-order valence-electron chi connectivity index (χ3n) is 2.96. The second-order valence-electron chi connectivity index (χ2n) is 4.50. The lowest BCUT2D eigenvalue weighted by molar-refractivity contribution is -0.0682. The molecule has 5 nitrogen and oxygen atoms in total. The highest BCUT2D eigenvalue weighted by Gasteiger charge is 2.18. The van der Waals surface area contributed by atoms with E-state index in [-0.39, 0.29) is 12.2 Å². The van der Waals surface area contributed by atoms with Gasteiger partial charge in [0.2, 0.25) is 0 Å². The maximum Gasteiger partial charge on any atom is 0.0936 e. The van der Waals surface area contributed by atoms with Crippen molar-refractivity contribution in [3.63, 3.8) is 0 Å². The third kappa shape index (κ3) is 3.80. The van der Waals surface area contributed by atoms with Crippen molar-refractivity contribution >= 4 is 0 Å². The molecular weight excluding hydrogens is 218 g/mol. The first-order valence-electron chi connectivity index (χ1n) is 6.16. The Morgan fingerprint density at radius 1 is 1.59 bits per heavy atom. The van der Waals surface area contributed by atoms with E-state index in [0.29, 0.717) is 13.2 Å². The zero-order valence-electron chi connectivity index (χ0n) is 10.6. The fraction of sp³-hybridized carbons (Fsp3) is 0.750. The van der Waals surface area contributed by atoms with Gasteiger partial charge in [-0.05, 0) is 13.0 Å². The van der Waals surface area contributed by atoms with Gasteiger partial charge in [0.25, 0.3) is 0 Å². The smallest absolute Gasteiger partial charge is 0.0936 e. The van der Waals surface area contributed by atoms with E-state index >= 15 is 0 Å². The van der Waals surface area contributed by atoms with Crippen LogP contribution in [0.2, 0.25) is 0 Å². The van der Waals surface area contributed by atoms with Crippen LogP contribution in [0.25, 0.3) is 0 Å². The summed E-state index contributed by atoms with van der Waals surface area (Å²) < 4.78 is 13.3. The minimum absolute atomic E-state index is 0.185. The van der Waals surface area contributed by atoms with E-state index < -0.39 is 0 Å². The van der Waals surface area contributed by atoms with Crippen molar-refractivity contribution < 1.29 is 9.47 Å². The molecule has 0 aromatic carbocycles. The summed E-state index contributed by atoms with van der Waals surface area (Å²) in [7, 11) is 1.95. The lowest BCUT2D eigenvalue weighted by Gasteiger charge is -2.28. The molecule has 96 valence electrons. The van der Waals surface area contributed by atoms with Gasteiger partial charge in [0, 0.05) is 38.4 Å². The monoisotopic (exact) mass is 239 g/mol. The topological polar surface area (TPSA) is 48.3 Å². The van der Waals surface area contributed by atoms with Crippen LogP contribution >= 0.6 is 0 Å². The van der Waals surface area contributed by atoms with Crippen LogP contribution in [0.15, 0.2) is 12.3 Å². The van der Waals surface area contributed by atoms with E-state index in [1.807, 2.05) is 24.0 Å². The van der Waals surface area contributed by atoms with Crippen molar-refractivity contribution in [2.24, 2.45) is 7.05 Å². The second-order valence-corrected chi connectivity index (χ2v) is 4.50. The standard InChI is InChI=1S/C12H21N3O2/c1-10-7-13-8-12(17-10)9-16-6-4-11-3-5-14-15(11)2/h3,5,10,12-13H,4,6-9H2,1-2H3. The average Bonchev–Trinajstić information content (AvgIpc) is 2.71. The van der Waals surface area contributed by atoms with Gasteiger partial charge in [-0.3, -0.25) is 4.68 Å². The lowest BCUT2D eigenvalue weighted by atomic mass is 10.2. The Kier molecular flexibility index (Phi) is 4.53. The molecule has 0 saturated carbocycles. The summed E-state index contributed by atoms with van der Waals surface area (Å²) in [6, 6.07) is 2.02. The minimum Gasteiger partial charge on any atom is -0.378 e. The SMILES string of the molecule is CC1CNCC(COCCc2ccnn2C)O1. The Labute approximate surface area is 102 Å². The molecular formula is C12H21N3O2. The predicted octanol–water partition coefficient (Wildman–Crippen LogP) is 0.356. The van der Waals surface area contributed by atoms with Crippen LogP contribution < -0.4 is 5.32 Å². The van der Waals surface area contributed by atoms with Crippen molar-refractivity contribution in [3.8, 4) is 0 Å². The number of rotatable bonds is 5. The quantitative estimate of drug-likeness (QED) is 0.754. The number of aromatic nitrogens is 2. The summed E-state index contributed by atoms with van der Waals surface area (Å²) in [5.74, 6) is 0. The van der Waals surface area contributed by atoms with Gasteiger partial charge in [-0.1, -0.05) is 0 Å². The maximum absolute atomic E-state index is 5.74. The van der Waals surface area contributed by atoms with E-state index in [1.165, 1.54) is 5.69 Å². The first kappa shape index (κ1) is 12.5. The van der Waals surface area contributed by atoms with E-state index in [9.17, 15) is 0 Å². The fourth-order valence-electron chi connectivity index (χ4n) is 2.01. The van der Waals surface area contributed by atoms with Gasteiger partial charge in [0.1, 0.15) is 0 Å². The Morgan fingerprint density at radius 3 is 3.18 bits per heavy atom. The van der Waals surface area contributed by atoms with Gasteiger partial charge in [0.05, 0.1) is 25.4 Å². The van der Waals surface area contributed by atoms with Crippen molar-refractivity contribution in [3.05, 3.63) is 18.0 Å². The average molecular weight is 239 g/mol. The number of morpholine rings is 1. The molecule has 0 bridgehead atoms. The fourth-order valence-corrected chi connectivity index (χ4v) is 2.01. The molecule has 0 radical (unpaired) electrons. The van der Waals surface area contributed by atoms with Crippen molar-refractivity contribution in [2.75, 3.05) is 26.3 Å². The lowest BCUT2D eigenvalue weighted by Crippen LogP contribution is -2.45. The van der Waals surface area contributed by atoms with Crippen LogP contribution in [-0.2, 0) is 22.9 Å².